The van der Waals surface area contributed by atoms with Gasteiger partial charge in [-0.1, -0.05) is 39.2 Å². The van der Waals surface area contributed by atoms with Gasteiger partial charge in [0.2, 0.25) is 5.91 Å². The highest BCUT2D eigenvalue weighted by Gasteiger charge is 2.08. The molecular weight excluding hydrogens is 248 g/mol. The number of nitrogens with one attached hydrogen (secondary N) is 1. The molecule has 0 aliphatic carbocycles. The van der Waals surface area contributed by atoms with E-state index in [4.69, 9.17) is 5.73 Å². The number of aryl methyl sites for hydroxylation is 1. The molecule has 1 atom stereocenters. The van der Waals surface area contributed by atoms with E-state index in [0.717, 1.165) is 12.1 Å². The van der Waals surface area contributed by atoms with Gasteiger partial charge in [0.15, 0.2) is 0 Å². The van der Waals surface area contributed by atoms with Crippen molar-refractivity contribution < 1.29 is 4.79 Å². The lowest BCUT2D eigenvalue weighted by Crippen LogP contribution is -2.28. The molecular formula is C17H28N2O. The van der Waals surface area contributed by atoms with Crippen LogP contribution in [-0.4, -0.2) is 11.9 Å². The zero-order chi connectivity index (χ0) is 15.0. The van der Waals surface area contributed by atoms with E-state index in [0.29, 0.717) is 11.6 Å². The summed E-state index contributed by atoms with van der Waals surface area (Å²) in [5.41, 5.74) is 8.25. The molecule has 0 fully saturated rings. The van der Waals surface area contributed by atoms with Crippen LogP contribution in [-0.2, 0) is 6.54 Å². The zero-order valence-electron chi connectivity index (χ0n) is 13.0. The SMILES string of the molecule is CCCCC(CCC)NCc1ccc(C(N)=O)cc1C. The Morgan fingerprint density at radius 2 is 2.00 bits per heavy atom. The molecule has 0 aliphatic rings. The number of unbranched alkanes of at least 4 members (excludes halogenated alkanes) is 1. The lowest BCUT2D eigenvalue weighted by molar-refractivity contribution is 0.1000. The van der Waals surface area contributed by atoms with Crippen molar-refractivity contribution in [2.24, 2.45) is 5.73 Å². The fraction of sp³-hybridized carbons (Fsp3) is 0.588. The fourth-order valence-corrected chi connectivity index (χ4v) is 2.45. The van der Waals surface area contributed by atoms with Gasteiger partial charge in [0.1, 0.15) is 0 Å². The number of amides is 1. The third-order valence-corrected chi connectivity index (χ3v) is 3.75. The van der Waals surface area contributed by atoms with Gasteiger partial charge >= 0.3 is 0 Å². The topological polar surface area (TPSA) is 55.1 Å². The molecule has 3 nitrogen and oxygen atoms in total. The highest BCUT2D eigenvalue weighted by molar-refractivity contribution is 5.93. The van der Waals surface area contributed by atoms with Gasteiger partial charge in [-0.2, -0.15) is 0 Å². The average Bonchev–Trinajstić information content (AvgIpc) is 2.42. The Hall–Kier alpha value is -1.35. The molecule has 0 radical (unpaired) electrons. The van der Waals surface area contributed by atoms with Gasteiger partial charge in [-0.15, -0.1) is 0 Å². The van der Waals surface area contributed by atoms with Crippen molar-refractivity contribution in [2.75, 3.05) is 0 Å². The third kappa shape index (κ3) is 5.33. The van der Waals surface area contributed by atoms with Crippen molar-refractivity contribution in [3.8, 4) is 0 Å². The maximum absolute atomic E-state index is 11.1. The Morgan fingerprint density at radius 3 is 2.55 bits per heavy atom. The van der Waals surface area contributed by atoms with Crippen LogP contribution in [0.2, 0.25) is 0 Å². The average molecular weight is 276 g/mol. The molecule has 0 bridgehead atoms. The highest BCUT2D eigenvalue weighted by atomic mass is 16.1. The molecule has 0 spiro atoms. The Labute approximate surface area is 122 Å². The van der Waals surface area contributed by atoms with Crippen molar-refractivity contribution in [2.45, 2.75) is 65.5 Å². The molecule has 0 saturated heterocycles. The van der Waals surface area contributed by atoms with E-state index < -0.39 is 0 Å². The third-order valence-electron chi connectivity index (χ3n) is 3.75. The van der Waals surface area contributed by atoms with E-state index in [9.17, 15) is 4.79 Å². The molecule has 3 heteroatoms. The largest absolute Gasteiger partial charge is 0.366 e. The van der Waals surface area contributed by atoms with Gasteiger partial charge in [0.05, 0.1) is 0 Å². The minimum Gasteiger partial charge on any atom is -0.366 e. The van der Waals surface area contributed by atoms with E-state index >= 15 is 0 Å². The first-order valence-electron chi connectivity index (χ1n) is 7.71. The van der Waals surface area contributed by atoms with E-state index in [2.05, 4.69) is 19.2 Å². The number of primary amides is 1. The lowest BCUT2D eigenvalue weighted by atomic mass is 10.0. The number of benzene rings is 1. The second-order valence-corrected chi connectivity index (χ2v) is 5.51. The monoisotopic (exact) mass is 276 g/mol. The Morgan fingerprint density at radius 1 is 1.25 bits per heavy atom. The number of hydrogen-bond donors (Lipinski definition) is 2. The summed E-state index contributed by atoms with van der Waals surface area (Å²) in [6.45, 7) is 7.35. The first-order valence-corrected chi connectivity index (χ1v) is 7.71. The van der Waals surface area contributed by atoms with Gasteiger partial charge in [-0.3, -0.25) is 4.79 Å². The number of nitrogens with two attached hydrogens (primary N) is 1. The minimum atomic E-state index is -0.362. The van der Waals surface area contributed by atoms with E-state index in [1.54, 1.807) is 0 Å². The van der Waals surface area contributed by atoms with Crippen LogP contribution in [0.1, 0.15) is 67.4 Å². The molecule has 1 aromatic rings. The summed E-state index contributed by atoms with van der Waals surface area (Å²) in [6, 6.07) is 6.29. The van der Waals surface area contributed by atoms with Crippen molar-refractivity contribution in [3.05, 3.63) is 34.9 Å². The molecule has 0 aliphatic heterocycles. The van der Waals surface area contributed by atoms with Crippen LogP contribution in [0.25, 0.3) is 0 Å². The second-order valence-electron chi connectivity index (χ2n) is 5.51. The summed E-state index contributed by atoms with van der Waals surface area (Å²) >= 11 is 0. The first kappa shape index (κ1) is 16.7. The first-order chi connectivity index (χ1) is 9.58. The zero-order valence-corrected chi connectivity index (χ0v) is 13.0. The van der Waals surface area contributed by atoms with Crippen LogP contribution in [0.5, 0.6) is 0 Å². The standard InChI is InChI=1S/C17H28N2O/c1-4-6-8-16(7-5-2)19-12-15-10-9-14(17(18)20)11-13(15)3/h9-11,16,19H,4-8,12H2,1-3H3,(H2,18,20). The molecule has 0 saturated carbocycles. The summed E-state index contributed by atoms with van der Waals surface area (Å²) in [7, 11) is 0. The quantitative estimate of drug-likeness (QED) is 0.725. The highest BCUT2D eigenvalue weighted by Crippen LogP contribution is 2.13. The number of carbonyl (C=O) groups excluding carboxylic acids is 1. The molecule has 1 rings (SSSR count). The fourth-order valence-electron chi connectivity index (χ4n) is 2.45. The molecule has 1 amide bonds. The lowest BCUT2D eigenvalue weighted by Gasteiger charge is -2.19. The van der Waals surface area contributed by atoms with Crippen molar-refractivity contribution in [1.82, 2.24) is 5.32 Å². The minimum absolute atomic E-state index is 0.362. The molecule has 20 heavy (non-hydrogen) atoms. The normalized spacial score (nSPS) is 12.3. The van der Waals surface area contributed by atoms with Crippen molar-refractivity contribution >= 4 is 5.91 Å². The molecule has 112 valence electrons. The summed E-state index contributed by atoms with van der Waals surface area (Å²) in [5, 5.41) is 3.65. The number of carbonyl (C=O) groups is 1. The van der Waals surface area contributed by atoms with Gasteiger partial charge in [-0.25, -0.2) is 0 Å². The van der Waals surface area contributed by atoms with E-state index in [1.807, 2.05) is 25.1 Å². The Kier molecular flexibility index (Phi) is 7.31. The maximum atomic E-state index is 11.1. The summed E-state index contributed by atoms with van der Waals surface area (Å²) in [6.07, 6.45) is 6.19. The summed E-state index contributed by atoms with van der Waals surface area (Å²) < 4.78 is 0. The maximum Gasteiger partial charge on any atom is 0.248 e. The summed E-state index contributed by atoms with van der Waals surface area (Å²) in [4.78, 5) is 11.1. The van der Waals surface area contributed by atoms with Gasteiger partial charge in [-0.05, 0) is 43.0 Å². The van der Waals surface area contributed by atoms with Crippen LogP contribution >= 0.6 is 0 Å². The van der Waals surface area contributed by atoms with Crippen LogP contribution in [0.4, 0.5) is 0 Å². The van der Waals surface area contributed by atoms with Gasteiger partial charge in [0.25, 0.3) is 0 Å². The second kappa shape index (κ2) is 8.75. The molecule has 1 unspecified atom stereocenters. The van der Waals surface area contributed by atoms with Gasteiger partial charge in [0, 0.05) is 18.2 Å². The molecule has 0 heterocycles. The number of hydrogen-bond acceptors (Lipinski definition) is 2. The van der Waals surface area contributed by atoms with Gasteiger partial charge < -0.3 is 11.1 Å². The predicted molar refractivity (Wildman–Crippen MR) is 84.8 cm³/mol. The predicted octanol–water partition coefficient (Wildman–Crippen LogP) is 3.54. The molecule has 0 aromatic heterocycles. The van der Waals surface area contributed by atoms with Crippen molar-refractivity contribution in [3.63, 3.8) is 0 Å². The molecule has 1 aromatic carbocycles. The van der Waals surface area contributed by atoms with Crippen molar-refractivity contribution in [1.29, 1.82) is 0 Å². The van der Waals surface area contributed by atoms with Crippen LogP contribution in [0.3, 0.4) is 0 Å². The number of rotatable bonds is 9. The summed E-state index contributed by atoms with van der Waals surface area (Å²) in [5.74, 6) is -0.362. The van der Waals surface area contributed by atoms with E-state index in [-0.39, 0.29) is 5.91 Å². The Bertz CT molecular complexity index is 429. The Balaban J connectivity index is 2.60. The van der Waals surface area contributed by atoms with E-state index in [1.165, 1.54) is 37.7 Å². The van der Waals surface area contributed by atoms with Crippen LogP contribution < -0.4 is 11.1 Å². The van der Waals surface area contributed by atoms with Crippen LogP contribution in [0, 0.1) is 6.92 Å². The smallest absolute Gasteiger partial charge is 0.248 e. The van der Waals surface area contributed by atoms with Crippen LogP contribution in [0.15, 0.2) is 18.2 Å². The molecule has 3 N–H and O–H groups in total.